The van der Waals surface area contributed by atoms with Gasteiger partial charge in [-0.25, -0.2) is 4.98 Å². The normalized spacial score (nSPS) is 11.1. The van der Waals surface area contributed by atoms with E-state index in [0.717, 1.165) is 14.9 Å². The second kappa shape index (κ2) is 9.18. The SMILES string of the molecule is N#C/C(=C\c1cccs1)c1nc(-c2ccccc2)c(NC(=O)c2ccc(Br)cc2)s1. The van der Waals surface area contributed by atoms with Gasteiger partial charge < -0.3 is 5.32 Å². The second-order valence-electron chi connectivity index (χ2n) is 6.21. The zero-order valence-electron chi connectivity index (χ0n) is 15.5. The topological polar surface area (TPSA) is 65.8 Å². The van der Waals surface area contributed by atoms with Crippen LogP contribution in [0, 0.1) is 11.3 Å². The van der Waals surface area contributed by atoms with Gasteiger partial charge in [-0.05, 0) is 41.8 Å². The molecule has 0 radical (unpaired) electrons. The number of amides is 1. The lowest BCUT2D eigenvalue weighted by Gasteiger charge is -2.05. The summed E-state index contributed by atoms with van der Waals surface area (Å²) < 4.78 is 0.904. The maximum absolute atomic E-state index is 12.8. The Balaban J connectivity index is 1.74. The van der Waals surface area contributed by atoms with Crippen molar-refractivity contribution in [3.05, 3.63) is 92.0 Å². The van der Waals surface area contributed by atoms with Gasteiger partial charge in [0.05, 0.1) is 5.57 Å². The molecular formula is C23H14BrN3OS2. The minimum Gasteiger partial charge on any atom is -0.312 e. The molecule has 2 aromatic carbocycles. The van der Waals surface area contributed by atoms with Crippen molar-refractivity contribution >= 4 is 61.2 Å². The standard InChI is InChI=1S/C23H14BrN3OS2/c24-18-10-8-16(9-11-18)21(28)27-23-20(15-5-2-1-3-6-15)26-22(30-23)17(14-25)13-19-7-4-12-29-19/h1-13H,(H,27,28)/b17-13+. The van der Waals surface area contributed by atoms with E-state index in [9.17, 15) is 10.1 Å². The quantitative estimate of drug-likeness (QED) is 0.307. The molecule has 4 nitrogen and oxygen atoms in total. The number of nitriles is 1. The van der Waals surface area contributed by atoms with Gasteiger partial charge in [0.1, 0.15) is 21.8 Å². The molecule has 1 N–H and O–H groups in total. The first-order valence-corrected chi connectivity index (χ1v) is 11.4. The number of carbonyl (C=O) groups is 1. The third-order valence-corrected chi connectivity index (χ3v) is 6.54. The number of thiophene rings is 1. The van der Waals surface area contributed by atoms with Gasteiger partial charge in [0, 0.05) is 20.5 Å². The molecule has 146 valence electrons. The van der Waals surface area contributed by atoms with Crippen LogP contribution < -0.4 is 5.32 Å². The van der Waals surface area contributed by atoms with Gasteiger partial charge in [-0.1, -0.05) is 63.7 Å². The summed E-state index contributed by atoms with van der Waals surface area (Å²) in [5, 5.41) is 15.8. The predicted octanol–water partition coefficient (Wildman–Crippen LogP) is 6.95. The number of nitrogens with one attached hydrogen (secondary N) is 1. The van der Waals surface area contributed by atoms with Gasteiger partial charge in [-0.15, -0.1) is 11.3 Å². The first-order valence-electron chi connectivity index (χ1n) is 8.93. The summed E-state index contributed by atoms with van der Waals surface area (Å²) in [7, 11) is 0. The first-order chi connectivity index (χ1) is 14.6. The van der Waals surface area contributed by atoms with Gasteiger partial charge in [0.25, 0.3) is 5.91 Å². The molecule has 4 aromatic rings. The highest BCUT2D eigenvalue weighted by Crippen LogP contribution is 2.37. The highest BCUT2D eigenvalue weighted by molar-refractivity contribution is 9.10. The van der Waals surface area contributed by atoms with E-state index in [1.54, 1.807) is 23.5 Å². The molecule has 0 bridgehead atoms. The number of nitrogens with zero attached hydrogens (tertiary/aromatic N) is 2. The maximum atomic E-state index is 12.8. The van der Waals surface area contributed by atoms with E-state index < -0.39 is 0 Å². The van der Waals surface area contributed by atoms with Crippen molar-refractivity contribution in [2.24, 2.45) is 0 Å². The molecule has 30 heavy (non-hydrogen) atoms. The summed E-state index contributed by atoms with van der Waals surface area (Å²) in [6, 6.07) is 22.9. The molecular weight excluding hydrogens is 478 g/mol. The highest BCUT2D eigenvalue weighted by atomic mass is 79.9. The molecule has 0 aliphatic rings. The second-order valence-corrected chi connectivity index (χ2v) is 9.10. The van der Waals surface area contributed by atoms with Crippen LogP contribution in [0.2, 0.25) is 0 Å². The van der Waals surface area contributed by atoms with Crippen LogP contribution in [0.1, 0.15) is 20.2 Å². The Bertz CT molecular complexity index is 1240. The average molecular weight is 492 g/mol. The Kier molecular flexibility index (Phi) is 6.19. The summed E-state index contributed by atoms with van der Waals surface area (Å²) >= 11 is 6.23. The summed E-state index contributed by atoms with van der Waals surface area (Å²) in [6.07, 6.45) is 1.82. The van der Waals surface area contributed by atoms with Crippen molar-refractivity contribution in [3.63, 3.8) is 0 Å². The number of benzene rings is 2. The number of aromatic nitrogens is 1. The Hall–Kier alpha value is -3.05. The van der Waals surface area contributed by atoms with Gasteiger partial charge in [0.15, 0.2) is 0 Å². The van der Waals surface area contributed by atoms with Gasteiger partial charge in [-0.3, -0.25) is 4.79 Å². The van der Waals surface area contributed by atoms with Crippen molar-refractivity contribution in [2.75, 3.05) is 5.32 Å². The highest BCUT2D eigenvalue weighted by Gasteiger charge is 2.18. The van der Waals surface area contributed by atoms with Crippen LogP contribution in [0.3, 0.4) is 0 Å². The van der Waals surface area contributed by atoms with Crippen molar-refractivity contribution in [1.82, 2.24) is 4.98 Å². The number of hydrogen-bond acceptors (Lipinski definition) is 5. The summed E-state index contributed by atoms with van der Waals surface area (Å²) in [5.41, 5.74) is 2.53. The van der Waals surface area contributed by atoms with Gasteiger partial charge in [0.2, 0.25) is 0 Å². The lowest BCUT2D eigenvalue weighted by Crippen LogP contribution is -2.11. The molecule has 2 aromatic heterocycles. The monoisotopic (exact) mass is 491 g/mol. The van der Waals surface area contributed by atoms with Crippen molar-refractivity contribution in [2.45, 2.75) is 0 Å². The molecule has 0 aliphatic carbocycles. The van der Waals surface area contributed by atoms with E-state index in [2.05, 4.69) is 27.3 Å². The van der Waals surface area contributed by atoms with Crippen LogP contribution in [0.15, 0.2) is 76.6 Å². The molecule has 7 heteroatoms. The Morgan fingerprint density at radius 3 is 2.50 bits per heavy atom. The lowest BCUT2D eigenvalue weighted by molar-refractivity contribution is 0.102. The van der Waals surface area contributed by atoms with E-state index >= 15 is 0 Å². The third-order valence-electron chi connectivity index (χ3n) is 4.19. The Labute approximate surface area is 190 Å². The van der Waals surface area contributed by atoms with E-state index in [1.165, 1.54) is 11.3 Å². The average Bonchev–Trinajstić information content (AvgIpc) is 3.43. The van der Waals surface area contributed by atoms with Crippen molar-refractivity contribution in [3.8, 4) is 17.3 Å². The van der Waals surface area contributed by atoms with E-state index in [-0.39, 0.29) is 5.91 Å². The van der Waals surface area contributed by atoms with Crippen LogP contribution in [0.4, 0.5) is 5.00 Å². The molecule has 1 amide bonds. The first kappa shape index (κ1) is 20.2. The maximum Gasteiger partial charge on any atom is 0.256 e. The molecule has 0 saturated carbocycles. The molecule has 0 fully saturated rings. The molecule has 2 heterocycles. The van der Waals surface area contributed by atoms with E-state index in [0.29, 0.717) is 26.8 Å². The number of rotatable bonds is 5. The predicted molar refractivity (Wildman–Crippen MR) is 127 cm³/mol. The number of thiazole rings is 1. The number of halogens is 1. The minimum atomic E-state index is -0.226. The third kappa shape index (κ3) is 4.57. The van der Waals surface area contributed by atoms with Crippen molar-refractivity contribution < 1.29 is 4.79 Å². The van der Waals surface area contributed by atoms with Crippen LogP contribution in [-0.4, -0.2) is 10.9 Å². The summed E-state index contributed by atoms with van der Waals surface area (Å²) in [6.45, 7) is 0. The zero-order valence-corrected chi connectivity index (χ0v) is 18.7. The number of anilines is 1. The van der Waals surface area contributed by atoms with Gasteiger partial charge >= 0.3 is 0 Å². The largest absolute Gasteiger partial charge is 0.312 e. The fourth-order valence-corrected chi connectivity index (χ4v) is 4.62. The molecule has 0 atom stereocenters. The fourth-order valence-electron chi connectivity index (χ4n) is 2.75. The van der Waals surface area contributed by atoms with E-state index in [1.807, 2.05) is 66.1 Å². The molecule has 4 rings (SSSR count). The van der Waals surface area contributed by atoms with Crippen LogP contribution >= 0.6 is 38.6 Å². The molecule has 0 spiro atoms. The molecule has 0 saturated heterocycles. The number of hydrogen-bond donors (Lipinski definition) is 1. The van der Waals surface area contributed by atoms with Crippen LogP contribution in [-0.2, 0) is 0 Å². The minimum absolute atomic E-state index is 0.226. The van der Waals surface area contributed by atoms with Gasteiger partial charge in [-0.2, -0.15) is 5.26 Å². The van der Waals surface area contributed by atoms with Crippen LogP contribution in [0.25, 0.3) is 22.9 Å². The summed E-state index contributed by atoms with van der Waals surface area (Å²) in [4.78, 5) is 18.5. The van der Waals surface area contributed by atoms with Crippen molar-refractivity contribution in [1.29, 1.82) is 5.26 Å². The Morgan fingerprint density at radius 1 is 1.07 bits per heavy atom. The molecule has 0 unspecified atom stereocenters. The zero-order chi connectivity index (χ0) is 20.9. The fraction of sp³-hybridized carbons (Fsp3) is 0. The Morgan fingerprint density at radius 2 is 1.83 bits per heavy atom. The molecule has 0 aliphatic heterocycles. The number of carbonyl (C=O) groups excluding carboxylic acids is 1. The van der Waals surface area contributed by atoms with E-state index in [4.69, 9.17) is 4.98 Å². The smallest absolute Gasteiger partial charge is 0.256 e. The number of allylic oxidation sites excluding steroid dienone is 1. The summed E-state index contributed by atoms with van der Waals surface area (Å²) in [5.74, 6) is -0.226. The van der Waals surface area contributed by atoms with Crippen LogP contribution in [0.5, 0.6) is 0 Å². The lowest BCUT2D eigenvalue weighted by atomic mass is 10.1.